The molecule has 8 heteroatoms. The van der Waals surface area contributed by atoms with Gasteiger partial charge in [-0.05, 0) is 68.2 Å². The van der Waals surface area contributed by atoms with Crippen molar-refractivity contribution in [1.29, 1.82) is 0 Å². The van der Waals surface area contributed by atoms with Gasteiger partial charge in [-0.15, -0.1) is 0 Å². The molecule has 39 heavy (non-hydrogen) atoms. The lowest BCUT2D eigenvalue weighted by Gasteiger charge is -2.46. The van der Waals surface area contributed by atoms with E-state index >= 15 is 0 Å². The smallest absolute Gasteiger partial charge is 0.317 e. The number of methoxy groups -OCH3 is 1. The number of halogens is 2. The van der Waals surface area contributed by atoms with Gasteiger partial charge in [-0.2, -0.15) is 0 Å². The number of amides is 2. The number of piperidine rings is 1. The second kappa shape index (κ2) is 13.5. The number of unbranched alkanes of at least 4 members (excludes halogenated alkanes) is 1. The van der Waals surface area contributed by atoms with E-state index < -0.39 is 11.3 Å². The van der Waals surface area contributed by atoms with Crippen molar-refractivity contribution in [3.8, 4) is 0 Å². The molecule has 2 aromatic rings. The molecule has 6 nitrogen and oxygen atoms in total. The molecule has 4 rings (SSSR count). The lowest BCUT2D eigenvalue weighted by molar-refractivity contribution is -0.160. The molecule has 0 saturated carbocycles. The summed E-state index contributed by atoms with van der Waals surface area (Å²) in [6.07, 6.45) is 8.12. The highest BCUT2D eigenvalue weighted by Gasteiger charge is 2.53. The van der Waals surface area contributed by atoms with Crippen molar-refractivity contribution >= 4 is 41.0 Å². The second-order valence-corrected chi connectivity index (χ2v) is 11.3. The summed E-state index contributed by atoms with van der Waals surface area (Å²) in [7, 11) is 1.38. The molecule has 1 aliphatic carbocycles. The van der Waals surface area contributed by atoms with Crippen LogP contribution >= 0.6 is 23.2 Å². The first kappa shape index (κ1) is 29.2. The van der Waals surface area contributed by atoms with E-state index in [-0.39, 0.29) is 37.2 Å². The van der Waals surface area contributed by atoms with Crippen LogP contribution in [0.3, 0.4) is 0 Å². The van der Waals surface area contributed by atoms with Gasteiger partial charge in [0.1, 0.15) is 5.41 Å². The van der Waals surface area contributed by atoms with E-state index in [1.54, 1.807) is 23.1 Å². The van der Waals surface area contributed by atoms with Gasteiger partial charge in [0.05, 0.1) is 13.7 Å². The molecule has 2 aromatic carbocycles. The molecule has 0 spiro atoms. The van der Waals surface area contributed by atoms with E-state index in [0.717, 1.165) is 44.1 Å². The first-order chi connectivity index (χ1) is 18.8. The van der Waals surface area contributed by atoms with Gasteiger partial charge in [-0.3, -0.25) is 14.4 Å². The average molecular weight is 572 g/mol. The standard InChI is InChI=1S/C31H36Cl2N2O4/c1-39-30(38)31-16-8-3-6-13-27(31)35(21-23-14-15-25(32)19-26(23)33)29(37)24(20-31)18-28(36)34-17-9-7-12-22-10-4-2-5-11-22/h2,4-5,10-11,13-15,19,24H,3,6-9,12,16-18,20-21H2,1H3,(H,34,36)/t24-,31+/m1/s1. The zero-order valence-electron chi connectivity index (χ0n) is 22.4. The number of fused-ring (bicyclic) bond motifs is 1. The maximum atomic E-state index is 13.9. The minimum atomic E-state index is -0.974. The van der Waals surface area contributed by atoms with Crippen LogP contribution < -0.4 is 5.32 Å². The molecule has 2 aliphatic rings. The highest BCUT2D eigenvalue weighted by molar-refractivity contribution is 6.35. The quantitative estimate of drug-likeness (QED) is 0.261. The molecular formula is C31H36Cl2N2O4. The van der Waals surface area contributed by atoms with Crippen molar-refractivity contribution in [2.75, 3.05) is 13.7 Å². The summed E-state index contributed by atoms with van der Waals surface area (Å²) in [5.41, 5.74) is 1.69. The maximum absolute atomic E-state index is 13.9. The fourth-order valence-electron chi connectivity index (χ4n) is 5.81. The van der Waals surface area contributed by atoms with Gasteiger partial charge < -0.3 is 15.0 Å². The molecule has 1 N–H and O–H groups in total. The molecule has 0 bridgehead atoms. The fraction of sp³-hybridized carbons (Fsp3) is 0.452. The van der Waals surface area contributed by atoms with Crippen LogP contribution in [0.2, 0.25) is 10.0 Å². The Morgan fingerprint density at radius 1 is 1.10 bits per heavy atom. The minimum absolute atomic E-state index is 0.0222. The van der Waals surface area contributed by atoms with Gasteiger partial charge in [0.15, 0.2) is 0 Å². The van der Waals surface area contributed by atoms with Crippen molar-refractivity contribution in [3.63, 3.8) is 0 Å². The third kappa shape index (κ3) is 7.03. The number of rotatable bonds is 10. The molecule has 0 aromatic heterocycles. The maximum Gasteiger partial charge on any atom is 0.317 e. The summed E-state index contributed by atoms with van der Waals surface area (Å²) in [5, 5.41) is 3.93. The van der Waals surface area contributed by atoms with E-state index in [0.29, 0.717) is 28.7 Å². The Kier molecular flexibility index (Phi) is 10.1. The molecular weight excluding hydrogens is 535 g/mol. The van der Waals surface area contributed by atoms with Crippen molar-refractivity contribution in [2.24, 2.45) is 11.3 Å². The largest absolute Gasteiger partial charge is 0.468 e. The summed E-state index contributed by atoms with van der Waals surface area (Å²) in [4.78, 5) is 41.8. The summed E-state index contributed by atoms with van der Waals surface area (Å²) in [6, 6.07) is 15.4. The Balaban J connectivity index is 1.49. The number of benzene rings is 2. The predicted octanol–water partition coefficient (Wildman–Crippen LogP) is 6.49. The number of aryl methyl sites for hydroxylation is 1. The Morgan fingerprint density at radius 3 is 2.64 bits per heavy atom. The van der Waals surface area contributed by atoms with E-state index in [1.165, 1.54) is 12.7 Å². The Labute approximate surface area is 240 Å². The summed E-state index contributed by atoms with van der Waals surface area (Å²) >= 11 is 12.6. The highest BCUT2D eigenvalue weighted by atomic mass is 35.5. The van der Waals surface area contributed by atoms with E-state index in [4.69, 9.17) is 27.9 Å². The van der Waals surface area contributed by atoms with Gasteiger partial charge in [0, 0.05) is 34.6 Å². The van der Waals surface area contributed by atoms with Gasteiger partial charge in [0.25, 0.3) is 0 Å². The number of esters is 1. The van der Waals surface area contributed by atoms with Crippen LogP contribution in [0.4, 0.5) is 0 Å². The van der Waals surface area contributed by atoms with Crippen LogP contribution in [-0.2, 0) is 32.1 Å². The van der Waals surface area contributed by atoms with Crippen LogP contribution in [0.1, 0.15) is 62.5 Å². The number of ether oxygens (including phenoxy) is 1. The number of nitrogens with zero attached hydrogens (tertiary/aromatic N) is 1. The third-order valence-corrected chi connectivity index (χ3v) is 8.38. The number of nitrogens with one attached hydrogen (secondary N) is 1. The normalized spacial score (nSPS) is 21.0. The summed E-state index contributed by atoms with van der Waals surface area (Å²) < 4.78 is 5.30. The van der Waals surface area contributed by atoms with E-state index in [2.05, 4.69) is 17.4 Å². The first-order valence-electron chi connectivity index (χ1n) is 13.7. The lowest BCUT2D eigenvalue weighted by Crippen LogP contribution is -2.53. The second-order valence-electron chi connectivity index (χ2n) is 10.5. The number of carbonyl (C=O) groups excluding carboxylic acids is 3. The minimum Gasteiger partial charge on any atom is -0.468 e. The van der Waals surface area contributed by atoms with Crippen LogP contribution in [0.15, 0.2) is 60.3 Å². The average Bonchev–Trinajstić information content (AvgIpc) is 3.15. The zero-order valence-corrected chi connectivity index (χ0v) is 23.9. The lowest BCUT2D eigenvalue weighted by atomic mass is 9.69. The molecule has 0 radical (unpaired) electrons. The van der Waals surface area contributed by atoms with Crippen LogP contribution in [0, 0.1) is 11.3 Å². The Hall–Kier alpha value is -2.83. The van der Waals surface area contributed by atoms with Crippen molar-refractivity contribution in [2.45, 2.75) is 64.3 Å². The van der Waals surface area contributed by atoms with Gasteiger partial charge in [-0.25, -0.2) is 0 Å². The van der Waals surface area contributed by atoms with E-state index in [1.807, 2.05) is 24.3 Å². The molecule has 1 aliphatic heterocycles. The van der Waals surface area contributed by atoms with Gasteiger partial charge >= 0.3 is 5.97 Å². The van der Waals surface area contributed by atoms with Crippen molar-refractivity contribution < 1.29 is 19.1 Å². The van der Waals surface area contributed by atoms with E-state index in [9.17, 15) is 14.4 Å². The van der Waals surface area contributed by atoms with Gasteiger partial charge in [0.2, 0.25) is 11.8 Å². The Bertz CT molecular complexity index is 1220. The first-order valence-corrected chi connectivity index (χ1v) is 14.4. The molecule has 2 atom stereocenters. The summed E-state index contributed by atoms with van der Waals surface area (Å²) in [6.45, 7) is 0.737. The fourth-order valence-corrected chi connectivity index (χ4v) is 6.27. The summed E-state index contributed by atoms with van der Waals surface area (Å²) in [5.74, 6) is -1.36. The molecule has 0 unspecified atom stereocenters. The molecule has 1 heterocycles. The third-order valence-electron chi connectivity index (χ3n) is 7.80. The molecule has 1 fully saturated rings. The van der Waals surface area contributed by atoms with Crippen molar-refractivity contribution in [1.82, 2.24) is 10.2 Å². The predicted molar refractivity (Wildman–Crippen MR) is 153 cm³/mol. The van der Waals surface area contributed by atoms with Crippen LogP contribution in [-0.4, -0.2) is 36.3 Å². The number of carbonyl (C=O) groups is 3. The van der Waals surface area contributed by atoms with Crippen molar-refractivity contribution in [3.05, 3.63) is 81.5 Å². The monoisotopic (exact) mass is 570 g/mol. The van der Waals surface area contributed by atoms with Crippen LogP contribution in [0.25, 0.3) is 0 Å². The molecule has 208 valence electrons. The van der Waals surface area contributed by atoms with Crippen LogP contribution in [0.5, 0.6) is 0 Å². The SMILES string of the molecule is COC(=O)[C@]12CCCCC=C1N(Cc1ccc(Cl)cc1Cl)C(=O)[C@H](CC(=O)NCCCCc1ccccc1)C2. The number of hydrogen-bond donors (Lipinski definition) is 1. The number of allylic oxidation sites excluding steroid dienone is 1. The molecule has 1 saturated heterocycles. The highest BCUT2D eigenvalue weighted by Crippen LogP contribution is 2.50. The number of hydrogen-bond acceptors (Lipinski definition) is 4. The Morgan fingerprint density at radius 2 is 1.90 bits per heavy atom. The zero-order chi connectivity index (χ0) is 27.8. The van der Waals surface area contributed by atoms with Gasteiger partial charge in [-0.1, -0.05) is 72.1 Å². The number of likely N-dealkylation sites (tertiary alicyclic amines) is 1. The molecule has 2 amide bonds. The topological polar surface area (TPSA) is 75.7 Å².